The first-order chi connectivity index (χ1) is 9.45. The maximum Gasteiger partial charge on any atom is 0.138 e. The van der Waals surface area contributed by atoms with Gasteiger partial charge < -0.3 is 10.2 Å². The third kappa shape index (κ3) is 3.22. The average Bonchev–Trinajstić information content (AvgIpc) is 2.92. The van der Waals surface area contributed by atoms with Gasteiger partial charge in [-0.15, -0.1) is 0 Å². The van der Waals surface area contributed by atoms with Crippen LogP contribution in [0.3, 0.4) is 0 Å². The minimum atomic E-state index is -0.0311. The number of nitrogens with one attached hydrogen (secondary N) is 1. The SMILES string of the molecule is CCN(c1cc(NC)nc(C(C)(C)C)n1)C1CCCC1. The molecule has 112 valence electrons. The quantitative estimate of drug-likeness (QED) is 0.912. The van der Waals surface area contributed by atoms with Crippen LogP contribution in [0.25, 0.3) is 0 Å². The van der Waals surface area contributed by atoms with Crippen LogP contribution in [-0.4, -0.2) is 29.6 Å². The summed E-state index contributed by atoms with van der Waals surface area (Å²) in [6.45, 7) is 9.72. The van der Waals surface area contributed by atoms with Gasteiger partial charge in [-0.25, -0.2) is 9.97 Å². The molecular weight excluding hydrogens is 248 g/mol. The molecule has 0 unspecified atom stereocenters. The van der Waals surface area contributed by atoms with Crippen LogP contribution in [0.5, 0.6) is 0 Å². The number of nitrogens with zero attached hydrogens (tertiary/aromatic N) is 3. The summed E-state index contributed by atoms with van der Waals surface area (Å²) in [7, 11) is 1.92. The highest BCUT2D eigenvalue weighted by Gasteiger charge is 2.25. The average molecular weight is 276 g/mol. The number of aromatic nitrogens is 2. The zero-order chi connectivity index (χ0) is 14.8. The van der Waals surface area contributed by atoms with Gasteiger partial charge in [-0.3, -0.25) is 0 Å². The van der Waals surface area contributed by atoms with Crippen LogP contribution in [0.4, 0.5) is 11.6 Å². The van der Waals surface area contributed by atoms with Gasteiger partial charge in [0.2, 0.25) is 0 Å². The monoisotopic (exact) mass is 276 g/mol. The summed E-state index contributed by atoms with van der Waals surface area (Å²) in [6, 6.07) is 2.73. The van der Waals surface area contributed by atoms with Crippen LogP contribution in [0, 0.1) is 0 Å². The molecule has 20 heavy (non-hydrogen) atoms. The van der Waals surface area contributed by atoms with Crippen molar-refractivity contribution in [3.63, 3.8) is 0 Å². The third-order valence-electron chi connectivity index (χ3n) is 4.04. The van der Waals surface area contributed by atoms with Crippen molar-refractivity contribution in [1.29, 1.82) is 0 Å². The fraction of sp³-hybridized carbons (Fsp3) is 0.750. The van der Waals surface area contributed by atoms with Gasteiger partial charge in [0.05, 0.1) is 0 Å². The first-order valence-electron chi connectivity index (χ1n) is 7.79. The summed E-state index contributed by atoms with van der Waals surface area (Å²) in [4.78, 5) is 11.9. The summed E-state index contributed by atoms with van der Waals surface area (Å²) >= 11 is 0. The number of hydrogen-bond acceptors (Lipinski definition) is 4. The number of hydrogen-bond donors (Lipinski definition) is 1. The van der Waals surface area contributed by atoms with Crippen LogP contribution in [0.15, 0.2) is 6.07 Å². The van der Waals surface area contributed by atoms with Crippen molar-refractivity contribution >= 4 is 11.6 Å². The van der Waals surface area contributed by atoms with Crippen molar-refractivity contribution in [2.24, 2.45) is 0 Å². The van der Waals surface area contributed by atoms with E-state index in [2.05, 4.69) is 49.0 Å². The Balaban J connectivity index is 2.38. The predicted molar refractivity (Wildman–Crippen MR) is 85.6 cm³/mol. The highest BCUT2D eigenvalue weighted by molar-refractivity contribution is 5.50. The lowest BCUT2D eigenvalue weighted by molar-refractivity contribution is 0.540. The molecule has 0 radical (unpaired) electrons. The lowest BCUT2D eigenvalue weighted by Crippen LogP contribution is -2.34. The zero-order valence-corrected chi connectivity index (χ0v) is 13.5. The minimum absolute atomic E-state index is 0.0311. The number of anilines is 2. The van der Waals surface area contributed by atoms with Crippen molar-refractivity contribution < 1.29 is 0 Å². The lowest BCUT2D eigenvalue weighted by atomic mass is 9.95. The largest absolute Gasteiger partial charge is 0.373 e. The molecule has 1 aliphatic carbocycles. The molecule has 0 atom stereocenters. The van der Waals surface area contributed by atoms with E-state index in [1.54, 1.807) is 0 Å². The number of rotatable bonds is 4. The summed E-state index contributed by atoms with van der Waals surface area (Å²) < 4.78 is 0. The van der Waals surface area contributed by atoms with Crippen LogP contribution in [-0.2, 0) is 5.41 Å². The second-order valence-corrected chi connectivity index (χ2v) is 6.66. The van der Waals surface area contributed by atoms with Gasteiger partial charge in [-0.2, -0.15) is 0 Å². The van der Waals surface area contributed by atoms with E-state index in [1.165, 1.54) is 25.7 Å². The lowest BCUT2D eigenvalue weighted by Gasteiger charge is -2.30. The molecule has 0 aliphatic heterocycles. The van der Waals surface area contributed by atoms with Crippen LogP contribution < -0.4 is 10.2 Å². The first-order valence-corrected chi connectivity index (χ1v) is 7.79. The van der Waals surface area contributed by atoms with E-state index in [9.17, 15) is 0 Å². The van der Waals surface area contributed by atoms with Gasteiger partial charge in [-0.05, 0) is 19.8 Å². The van der Waals surface area contributed by atoms with Gasteiger partial charge in [0.15, 0.2) is 0 Å². The van der Waals surface area contributed by atoms with Crippen LogP contribution in [0.2, 0.25) is 0 Å². The van der Waals surface area contributed by atoms with E-state index in [0.717, 1.165) is 24.0 Å². The minimum Gasteiger partial charge on any atom is -0.373 e. The fourth-order valence-electron chi connectivity index (χ4n) is 2.87. The molecule has 1 aromatic heterocycles. The molecule has 0 amide bonds. The molecule has 1 N–H and O–H groups in total. The molecule has 4 heteroatoms. The van der Waals surface area contributed by atoms with Gasteiger partial charge in [0.25, 0.3) is 0 Å². The van der Waals surface area contributed by atoms with E-state index in [-0.39, 0.29) is 5.41 Å². The Hall–Kier alpha value is -1.32. The Morgan fingerprint density at radius 1 is 1.25 bits per heavy atom. The van der Waals surface area contributed by atoms with Crippen LogP contribution >= 0.6 is 0 Å². The summed E-state index contributed by atoms with van der Waals surface area (Å²) in [5.41, 5.74) is -0.0311. The molecule has 4 nitrogen and oxygen atoms in total. The van der Waals surface area contributed by atoms with E-state index in [0.29, 0.717) is 6.04 Å². The highest BCUT2D eigenvalue weighted by Crippen LogP contribution is 2.29. The Kier molecular flexibility index (Phi) is 4.51. The van der Waals surface area contributed by atoms with E-state index >= 15 is 0 Å². The van der Waals surface area contributed by atoms with Gasteiger partial charge in [0, 0.05) is 31.1 Å². The highest BCUT2D eigenvalue weighted by atomic mass is 15.2. The van der Waals surface area contributed by atoms with Crippen molar-refractivity contribution in [3.8, 4) is 0 Å². The summed E-state index contributed by atoms with van der Waals surface area (Å²) in [5, 5.41) is 3.17. The predicted octanol–water partition coefficient (Wildman–Crippen LogP) is 3.58. The molecule has 1 aromatic rings. The summed E-state index contributed by atoms with van der Waals surface area (Å²) in [5.74, 6) is 2.90. The molecule has 1 fully saturated rings. The Bertz CT molecular complexity index is 444. The fourth-order valence-corrected chi connectivity index (χ4v) is 2.87. The van der Waals surface area contributed by atoms with Crippen molar-refractivity contribution in [2.45, 2.75) is 64.8 Å². The molecule has 0 bridgehead atoms. The van der Waals surface area contributed by atoms with Crippen molar-refractivity contribution in [2.75, 3.05) is 23.8 Å². The van der Waals surface area contributed by atoms with E-state index < -0.39 is 0 Å². The molecule has 1 saturated carbocycles. The molecule has 1 heterocycles. The maximum absolute atomic E-state index is 4.84. The smallest absolute Gasteiger partial charge is 0.138 e. The molecule has 0 spiro atoms. The van der Waals surface area contributed by atoms with Gasteiger partial charge in [-0.1, -0.05) is 33.6 Å². The third-order valence-corrected chi connectivity index (χ3v) is 4.04. The van der Waals surface area contributed by atoms with Crippen molar-refractivity contribution in [1.82, 2.24) is 9.97 Å². The van der Waals surface area contributed by atoms with Gasteiger partial charge >= 0.3 is 0 Å². The second kappa shape index (κ2) is 5.98. The molecule has 2 rings (SSSR count). The first kappa shape index (κ1) is 15.1. The Labute approximate surface area is 123 Å². The topological polar surface area (TPSA) is 41.0 Å². The summed E-state index contributed by atoms with van der Waals surface area (Å²) in [6.07, 6.45) is 5.27. The normalized spacial score (nSPS) is 16.4. The standard InChI is InChI=1S/C16H28N4/c1-6-20(12-9-7-8-10-12)14-11-13(17-5)18-15(19-14)16(2,3)4/h11-12H,6-10H2,1-5H3,(H,17,18,19). The molecule has 0 saturated heterocycles. The van der Waals surface area contributed by atoms with Gasteiger partial charge in [0.1, 0.15) is 17.5 Å². The molecular formula is C16H28N4. The van der Waals surface area contributed by atoms with E-state index in [1.807, 2.05) is 7.05 Å². The second-order valence-electron chi connectivity index (χ2n) is 6.66. The zero-order valence-electron chi connectivity index (χ0n) is 13.5. The Morgan fingerprint density at radius 3 is 2.40 bits per heavy atom. The molecule has 0 aromatic carbocycles. The van der Waals surface area contributed by atoms with E-state index in [4.69, 9.17) is 4.98 Å². The Morgan fingerprint density at radius 2 is 1.90 bits per heavy atom. The van der Waals surface area contributed by atoms with Crippen LogP contribution in [0.1, 0.15) is 59.2 Å². The maximum atomic E-state index is 4.84. The van der Waals surface area contributed by atoms with Crippen molar-refractivity contribution in [3.05, 3.63) is 11.9 Å². The molecule has 1 aliphatic rings.